The molecule has 1 amide bonds. The van der Waals surface area contributed by atoms with Crippen molar-refractivity contribution in [1.82, 2.24) is 4.90 Å². The van der Waals surface area contributed by atoms with Crippen LogP contribution >= 0.6 is 0 Å². The molecule has 3 atom stereocenters. The molecule has 0 bridgehead atoms. The average Bonchev–Trinajstić information content (AvgIpc) is 2.76. The number of rotatable bonds is 3. The molecule has 1 aromatic rings. The van der Waals surface area contributed by atoms with Crippen LogP contribution in [0.5, 0.6) is 0 Å². The molecular formula is C19H28FNO4. The Bertz CT molecular complexity index is 607. The third-order valence-electron chi connectivity index (χ3n) is 4.17. The molecule has 1 N–H and O–H groups in total. The topological polar surface area (TPSA) is 59.0 Å². The second kappa shape index (κ2) is 6.92. The number of ether oxygens (including phenoxy) is 2. The van der Waals surface area contributed by atoms with E-state index >= 15 is 0 Å². The smallest absolute Gasteiger partial charge is 0.413 e. The molecule has 3 unspecified atom stereocenters. The van der Waals surface area contributed by atoms with E-state index in [0.717, 1.165) is 11.1 Å². The van der Waals surface area contributed by atoms with Crippen LogP contribution in [0.4, 0.5) is 9.18 Å². The predicted molar refractivity (Wildman–Crippen MR) is 92.8 cm³/mol. The molecule has 1 saturated heterocycles. The fourth-order valence-corrected chi connectivity index (χ4v) is 3.05. The molecule has 0 radical (unpaired) electrons. The van der Waals surface area contributed by atoms with Gasteiger partial charge in [-0.15, -0.1) is 0 Å². The van der Waals surface area contributed by atoms with Gasteiger partial charge in [0.1, 0.15) is 24.1 Å². The highest BCUT2D eigenvalue weighted by atomic mass is 19.1. The molecule has 1 aliphatic heterocycles. The van der Waals surface area contributed by atoms with E-state index < -0.39 is 42.3 Å². The first-order valence-corrected chi connectivity index (χ1v) is 8.50. The molecule has 6 heteroatoms. The quantitative estimate of drug-likeness (QED) is 0.888. The molecule has 25 heavy (non-hydrogen) atoms. The van der Waals surface area contributed by atoms with Gasteiger partial charge < -0.3 is 14.6 Å². The van der Waals surface area contributed by atoms with E-state index in [2.05, 4.69) is 0 Å². The zero-order chi connectivity index (χ0) is 19.0. The summed E-state index contributed by atoms with van der Waals surface area (Å²) in [5.74, 6) is 0. The molecule has 1 heterocycles. The molecule has 1 fully saturated rings. The number of carbonyl (C=O) groups is 1. The number of benzene rings is 1. The summed E-state index contributed by atoms with van der Waals surface area (Å²) in [6.45, 7) is 9.69. The van der Waals surface area contributed by atoms with E-state index in [9.17, 15) is 14.3 Å². The van der Waals surface area contributed by atoms with Crippen LogP contribution in [0.25, 0.3) is 0 Å². The summed E-state index contributed by atoms with van der Waals surface area (Å²) in [6.07, 6.45) is -1.77. The fourth-order valence-electron chi connectivity index (χ4n) is 3.05. The third kappa shape index (κ3) is 4.30. The Balaban J connectivity index is 2.31. The lowest BCUT2D eigenvalue weighted by atomic mass is 10.00. The minimum absolute atomic E-state index is 0.578. The maximum Gasteiger partial charge on any atom is 0.413 e. The van der Waals surface area contributed by atoms with Crippen LogP contribution in [-0.2, 0) is 9.47 Å². The Hall–Kier alpha value is -1.66. The van der Waals surface area contributed by atoms with Gasteiger partial charge in [0.25, 0.3) is 0 Å². The van der Waals surface area contributed by atoms with Crippen molar-refractivity contribution in [2.75, 3.05) is 6.67 Å². The zero-order valence-corrected chi connectivity index (χ0v) is 15.7. The van der Waals surface area contributed by atoms with E-state index in [1.54, 1.807) is 65.8 Å². The monoisotopic (exact) mass is 353 g/mol. The Kier molecular flexibility index (Phi) is 5.44. The van der Waals surface area contributed by atoms with Crippen LogP contribution < -0.4 is 0 Å². The van der Waals surface area contributed by atoms with Crippen LogP contribution in [0, 0.1) is 0 Å². The second-order valence-corrected chi connectivity index (χ2v) is 7.90. The van der Waals surface area contributed by atoms with Crippen molar-refractivity contribution in [1.29, 1.82) is 0 Å². The average molecular weight is 353 g/mol. The van der Waals surface area contributed by atoms with Crippen molar-refractivity contribution in [3.8, 4) is 0 Å². The number of halogens is 1. The molecular weight excluding hydrogens is 325 g/mol. The number of aliphatic hydroxyl groups is 1. The van der Waals surface area contributed by atoms with Gasteiger partial charge in [0.05, 0.1) is 12.1 Å². The third-order valence-corrected chi connectivity index (χ3v) is 4.17. The number of hydrogen-bond acceptors (Lipinski definition) is 4. The molecule has 0 aliphatic carbocycles. The van der Waals surface area contributed by atoms with Gasteiger partial charge in [-0.3, -0.25) is 4.90 Å². The van der Waals surface area contributed by atoms with Gasteiger partial charge in [0.2, 0.25) is 0 Å². The van der Waals surface area contributed by atoms with E-state index in [0.29, 0.717) is 0 Å². The van der Waals surface area contributed by atoms with Crippen LogP contribution in [0.15, 0.2) is 24.3 Å². The molecule has 2 rings (SSSR count). The Labute approximate surface area is 148 Å². The normalized spacial score (nSPS) is 24.2. The van der Waals surface area contributed by atoms with Gasteiger partial charge >= 0.3 is 6.09 Å². The van der Waals surface area contributed by atoms with E-state index in [1.807, 2.05) is 0 Å². The lowest BCUT2D eigenvalue weighted by molar-refractivity contribution is -0.0797. The summed E-state index contributed by atoms with van der Waals surface area (Å²) in [7, 11) is 0. The van der Waals surface area contributed by atoms with Crippen molar-refractivity contribution >= 4 is 6.09 Å². The van der Waals surface area contributed by atoms with E-state index in [4.69, 9.17) is 9.47 Å². The van der Waals surface area contributed by atoms with Gasteiger partial charge in [0.15, 0.2) is 0 Å². The summed E-state index contributed by atoms with van der Waals surface area (Å²) in [6, 6.07) is 6.37. The van der Waals surface area contributed by atoms with Gasteiger partial charge in [-0.05, 0) is 52.7 Å². The van der Waals surface area contributed by atoms with Crippen LogP contribution in [0.2, 0.25) is 0 Å². The Morgan fingerprint density at radius 3 is 2.36 bits per heavy atom. The molecule has 1 aromatic carbocycles. The van der Waals surface area contributed by atoms with Gasteiger partial charge in [0, 0.05) is 0 Å². The number of carbonyl (C=O) groups excluding carboxylic acids is 1. The molecule has 0 spiro atoms. The number of aliphatic hydroxyl groups excluding tert-OH is 1. The zero-order valence-electron chi connectivity index (χ0n) is 15.7. The standard InChI is InChI=1S/C19H28FNO4/c1-12(22)13-7-9-14(10-8-13)16-15(11-20)21(19(5,6)24-16)17(23)25-18(2,3)4/h7-10,12,15-16,22H,11H2,1-6H3. The first-order valence-electron chi connectivity index (χ1n) is 8.50. The largest absolute Gasteiger partial charge is 0.444 e. The van der Waals surface area contributed by atoms with Crippen molar-refractivity contribution < 1.29 is 23.8 Å². The second-order valence-electron chi connectivity index (χ2n) is 7.90. The molecule has 0 aromatic heterocycles. The molecule has 140 valence electrons. The highest BCUT2D eigenvalue weighted by Crippen LogP contribution is 2.42. The lowest BCUT2D eigenvalue weighted by Gasteiger charge is -2.34. The number of nitrogens with zero attached hydrogens (tertiary/aromatic N) is 1. The minimum Gasteiger partial charge on any atom is -0.444 e. The maximum absolute atomic E-state index is 13.9. The summed E-state index contributed by atoms with van der Waals surface area (Å²) in [4.78, 5) is 13.9. The summed E-state index contributed by atoms with van der Waals surface area (Å²) >= 11 is 0. The number of amides is 1. The molecule has 0 saturated carbocycles. The predicted octanol–water partition coefficient (Wildman–Crippen LogP) is 4.12. The first-order chi connectivity index (χ1) is 11.5. The lowest BCUT2D eigenvalue weighted by Crippen LogP contribution is -2.50. The SMILES string of the molecule is CC(O)c1ccc(C2OC(C)(C)N(C(=O)OC(C)(C)C)C2CF)cc1. The van der Waals surface area contributed by atoms with Gasteiger partial charge in [-0.25, -0.2) is 9.18 Å². The van der Waals surface area contributed by atoms with Crippen molar-refractivity contribution in [2.45, 2.75) is 71.1 Å². The number of hydrogen-bond donors (Lipinski definition) is 1. The fraction of sp³-hybridized carbons (Fsp3) is 0.632. The highest BCUT2D eigenvalue weighted by molar-refractivity contribution is 5.70. The van der Waals surface area contributed by atoms with Crippen LogP contribution in [0.1, 0.15) is 64.9 Å². The van der Waals surface area contributed by atoms with Crippen molar-refractivity contribution in [3.63, 3.8) is 0 Å². The van der Waals surface area contributed by atoms with Crippen molar-refractivity contribution in [2.24, 2.45) is 0 Å². The highest BCUT2D eigenvalue weighted by Gasteiger charge is 2.51. The summed E-state index contributed by atoms with van der Waals surface area (Å²) in [5, 5.41) is 9.62. The Morgan fingerprint density at radius 1 is 1.36 bits per heavy atom. The maximum atomic E-state index is 13.9. The molecule has 1 aliphatic rings. The van der Waals surface area contributed by atoms with Gasteiger partial charge in [-0.2, -0.15) is 0 Å². The van der Waals surface area contributed by atoms with Gasteiger partial charge in [-0.1, -0.05) is 24.3 Å². The number of alkyl halides is 1. The van der Waals surface area contributed by atoms with Crippen molar-refractivity contribution in [3.05, 3.63) is 35.4 Å². The first kappa shape index (κ1) is 19.7. The van der Waals surface area contributed by atoms with E-state index in [-0.39, 0.29) is 0 Å². The Morgan fingerprint density at radius 2 is 1.92 bits per heavy atom. The van der Waals surface area contributed by atoms with Crippen LogP contribution in [0.3, 0.4) is 0 Å². The van der Waals surface area contributed by atoms with E-state index in [1.165, 1.54) is 4.90 Å². The van der Waals surface area contributed by atoms with Crippen LogP contribution in [-0.4, -0.2) is 40.1 Å². The summed E-state index contributed by atoms with van der Waals surface area (Å²) < 4.78 is 25.3. The minimum atomic E-state index is -0.993. The molecule has 5 nitrogen and oxygen atoms in total. The summed E-state index contributed by atoms with van der Waals surface area (Å²) in [5.41, 5.74) is -0.148.